The van der Waals surface area contributed by atoms with E-state index in [0.29, 0.717) is 5.56 Å². The molecule has 0 saturated heterocycles. The molecule has 0 aliphatic heterocycles. The lowest BCUT2D eigenvalue weighted by atomic mass is 10.2. The Labute approximate surface area is 91.2 Å². The highest BCUT2D eigenvalue weighted by molar-refractivity contribution is 8.42. The highest BCUT2D eigenvalue weighted by Crippen LogP contribution is 2.97. The molecule has 0 N–H and O–H groups in total. The first-order valence-corrected chi connectivity index (χ1v) is 6.34. The van der Waals surface area contributed by atoms with Gasteiger partial charge < -0.3 is 4.18 Å². The first-order chi connectivity index (χ1) is 6.95. The molecule has 0 spiro atoms. The molecule has 0 saturated carbocycles. The van der Waals surface area contributed by atoms with Crippen molar-refractivity contribution in [2.24, 2.45) is 0 Å². The second-order valence-corrected chi connectivity index (χ2v) is 4.76. The highest BCUT2D eigenvalue weighted by Gasteiger charge is 2.67. The molecule has 1 nitrogen and oxygen atoms in total. The van der Waals surface area contributed by atoms with Gasteiger partial charge >= 0.3 is 10.5 Å². The zero-order valence-corrected chi connectivity index (χ0v) is 9.83. The molecule has 0 fully saturated rings. The lowest BCUT2D eigenvalue weighted by Crippen LogP contribution is -2.13. The van der Waals surface area contributed by atoms with E-state index in [1.165, 1.54) is 12.1 Å². The average Bonchev–Trinajstić information content (AvgIpc) is 2.08. The van der Waals surface area contributed by atoms with Crippen LogP contribution in [0.1, 0.15) is 19.4 Å². The van der Waals surface area contributed by atoms with Crippen molar-refractivity contribution in [1.82, 2.24) is 0 Å². The number of rotatable bonds is 2. The summed E-state index contributed by atoms with van der Waals surface area (Å²) in [5.74, 6) is -0.908. The quantitative estimate of drug-likeness (QED) is 0.630. The third kappa shape index (κ3) is 7.33. The zero-order valence-electron chi connectivity index (χ0n) is 9.02. The van der Waals surface area contributed by atoms with Gasteiger partial charge in [0.15, 0.2) is 0 Å². The van der Waals surface area contributed by atoms with Crippen LogP contribution in [0, 0.1) is 6.92 Å². The summed E-state index contributed by atoms with van der Waals surface area (Å²) < 4.78 is 61.7. The summed E-state index contributed by atoms with van der Waals surface area (Å²) in [7, 11) is -9.81. The van der Waals surface area contributed by atoms with Crippen molar-refractivity contribution in [3.05, 3.63) is 29.8 Å². The monoisotopic (exact) mass is 264 g/mol. The smallest absolute Gasteiger partial charge is 0.355 e. The molecular weight excluding hydrogens is 251 g/mol. The third-order valence-corrected chi connectivity index (χ3v) is 1.78. The molecule has 0 aliphatic rings. The average molecular weight is 264 g/mol. The van der Waals surface area contributed by atoms with Gasteiger partial charge in [-0.05, 0) is 19.1 Å². The number of hydrogen-bond donors (Lipinski definition) is 0. The van der Waals surface area contributed by atoms with E-state index in [-0.39, 0.29) is 0 Å². The minimum Gasteiger partial charge on any atom is -0.355 e. The predicted molar refractivity (Wildman–Crippen MR) is 56.3 cm³/mol. The summed E-state index contributed by atoms with van der Waals surface area (Å²) in [4.78, 5) is 0. The van der Waals surface area contributed by atoms with Gasteiger partial charge in [-0.25, -0.2) is 0 Å². The maximum Gasteiger partial charge on any atom is 0.435 e. The predicted octanol–water partition coefficient (Wildman–Crippen LogP) is 5.61. The molecule has 0 bridgehead atoms. The topological polar surface area (TPSA) is 9.23 Å². The molecule has 0 aliphatic carbocycles. The van der Waals surface area contributed by atoms with Gasteiger partial charge in [-0.15, -0.1) is 0 Å². The summed E-state index contributed by atoms with van der Waals surface area (Å²) in [5, 5.41) is 0. The van der Waals surface area contributed by atoms with Crippen molar-refractivity contribution in [2.75, 3.05) is 0 Å². The standard InChI is InChI=1S/C7H7F5OS.C2H6/c1-6-2-4-7(5-3-6)13-14(8,9,10,11)12;1-2/h2-5H,1H3;1-2H3. The van der Waals surface area contributed by atoms with E-state index in [9.17, 15) is 19.4 Å². The van der Waals surface area contributed by atoms with Crippen molar-refractivity contribution in [3.8, 4) is 5.75 Å². The Morgan fingerprint density at radius 1 is 0.875 bits per heavy atom. The van der Waals surface area contributed by atoms with Crippen LogP contribution in [-0.4, -0.2) is 0 Å². The van der Waals surface area contributed by atoms with Crippen LogP contribution >= 0.6 is 10.5 Å². The molecule has 0 aromatic heterocycles. The van der Waals surface area contributed by atoms with Crippen LogP contribution in [0.4, 0.5) is 19.4 Å². The molecule has 1 aromatic carbocycles. The SMILES string of the molecule is CC.Cc1ccc(OS(F)(F)(F)(F)F)cc1. The van der Waals surface area contributed by atoms with Crippen molar-refractivity contribution in [3.63, 3.8) is 0 Å². The Morgan fingerprint density at radius 3 is 1.56 bits per heavy atom. The number of halogens is 5. The van der Waals surface area contributed by atoms with E-state index in [0.717, 1.165) is 12.1 Å². The van der Waals surface area contributed by atoms with Crippen LogP contribution in [0.3, 0.4) is 0 Å². The molecule has 1 aromatic rings. The van der Waals surface area contributed by atoms with Gasteiger partial charge in [0.2, 0.25) is 0 Å². The maximum atomic E-state index is 11.8. The van der Waals surface area contributed by atoms with E-state index >= 15 is 0 Å². The van der Waals surface area contributed by atoms with E-state index in [1.54, 1.807) is 6.92 Å². The molecule has 0 radical (unpaired) electrons. The second-order valence-electron chi connectivity index (χ2n) is 2.79. The number of hydrogen-bond acceptors (Lipinski definition) is 1. The summed E-state index contributed by atoms with van der Waals surface area (Å²) in [6.45, 7) is 5.61. The highest BCUT2D eigenvalue weighted by atomic mass is 32.5. The molecule has 0 heterocycles. The van der Waals surface area contributed by atoms with Crippen molar-refractivity contribution in [1.29, 1.82) is 0 Å². The summed E-state index contributed by atoms with van der Waals surface area (Å²) >= 11 is 0. The Hall–Kier alpha value is -0.980. The van der Waals surface area contributed by atoms with Crippen molar-refractivity contribution < 1.29 is 23.6 Å². The Bertz CT molecular complexity index is 341. The van der Waals surface area contributed by atoms with Crippen LogP contribution in [0.15, 0.2) is 24.3 Å². The first kappa shape index (κ1) is 15.0. The Kier molecular flexibility index (Phi) is 3.56. The van der Waals surface area contributed by atoms with Crippen LogP contribution in [0.5, 0.6) is 5.75 Å². The summed E-state index contributed by atoms with van der Waals surface area (Å²) in [6.07, 6.45) is 0. The van der Waals surface area contributed by atoms with Gasteiger partial charge in [-0.3, -0.25) is 0 Å². The summed E-state index contributed by atoms with van der Waals surface area (Å²) in [5.41, 5.74) is 0.652. The normalized spacial score (nSPS) is 15.2. The van der Waals surface area contributed by atoms with Gasteiger partial charge in [0.25, 0.3) is 0 Å². The van der Waals surface area contributed by atoms with Gasteiger partial charge in [0.05, 0.1) is 0 Å². The Balaban J connectivity index is 0.00000106. The van der Waals surface area contributed by atoms with Gasteiger partial charge in [-0.2, -0.15) is 0 Å². The lowest BCUT2D eigenvalue weighted by molar-refractivity contribution is 0.243. The molecule has 16 heavy (non-hydrogen) atoms. The van der Waals surface area contributed by atoms with E-state index in [4.69, 9.17) is 0 Å². The lowest BCUT2D eigenvalue weighted by Gasteiger charge is -2.39. The Morgan fingerprint density at radius 2 is 1.25 bits per heavy atom. The van der Waals surface area contributed by atoms with Crippen molar-refractivity contribution in [2.45, 2.75) is 20.8 Å². The summed E-state index contributed by atoms with van der Waals surface area (Å²) in [6, 6.07) is 4.18. The van der Waals surface area contributed by atoms with Crippen molar-refractivity contribution >= 4 is 10.5 Å². The van der Waals surface area contributed by atoms with Gasteiger partial charge in [0, 0.05) is 0 Å². The maximum absolute atomic E-state index is 11.8. The minimum atomic E-state index is -9.81. The molecule has 1 rings (SSSR count). The number of aryl methyl sites for hydroxylation is 1. The fourth-order valence-electron chi connectivity index (χ4n) is 0.776. The van der Waals surface area contributed by atoms with Gasteiger partial charge in [-0.1, -0.05) is 51.0 Å². The van der Waals surface area contributed by atoms with E-state index < -0.39 is 16.3 Å². The minimum absolute atomic E-state index is 0.652. The zero-order chi connectivity index (χ0) is 13.1. The molecular formula is C9H13F5OS. The van der Waals surface area contributed by atoms with Crippen LogP contribution in [0.2, 0.25) is 0 Å². The molecule has 0 unspecified atom stereocenters. The fourth-order valence-corrected chi connectivity index (χ4v) is 1.25. The number of benzene rings is 1. The fraction of sp³-hybridized carbons (Fsp3) is 0.333. The van der Waals surface area contributed by atoms with Crippen LogP contribution in [0.25, 0.3) is 0 Å². The molecule has 7 heteroatoms. The second kappa shape index (κ2) is 3.80. The first-order valence-electron chi connectivity index (χ1n) is 4.46. The largest absolute Gasteiger partial charge is 0.435 e. The third-order valence-electron chi connectivity index (χ3n) is 1.27. The van der Waals surface area contributed by atoms with E-state index in [2.05, 4.69) is 4.18 Å². The molecule has 96 valence electrons. The van der Waals surface area contributed by atoms with Crippen LogP contribution < -0.4 is 4.18 Å². The molecule has 0 amide bonds. The van der Waals surface area contributed by atoms with Gasteiger partial charge in [0.1, 0.15) is 5.75 Å². The van der Waals surface area contributed by atoms with E-state index in [1.807, 2.05) is 13.8 Å². The molecule has 0 atom stereocenters. The van der Waals surface area contributed by atoms with Crippen LogP contribution in [-0.2, 0) is 0 Å².